The highest BCUT2D eigenvalue weighted by atomic mass is 35.5. The molecule has 1 N–H and O–H groups in total. The molecule has 1 fully saturated rings. The Labute approximate surface area is 108 Å². The van der Waals surface area contributed by atoms with Gasteiger partial charge in [-0.3, -0.25) is 4.79 Å². The highest BCUT2D eigenvalue weighted by Crippen LogP contribution is 2.22. The minimum absolute atomic E-state index is 0.00326. The van der Waals surface area contributed by atoms with Crippen LogP contribution in [0.1, 0.15) is 13.3 Å². The topological polar surface area (TPSA) is 64.1 Å². The lowest BCUT2D eigenvalue weighted by atomic mass is 10.0. The van der Waals surface area contributed by atoms with Gasteiger partial charge in [-0.25, -0.2) is 9.97 Å². The van der Waals surface area contributed by atoms with Gasteiger partial charge in [-0.15, -0.1) is 0 Å². The first-order valence-corrected chi connectivity index (χ1v) is 5.94. The third-order valence-electron chi connectivity index (χ3n) is 2.63. The van der Waals surface area contributed by atoms with E-state index in [0.717, 1.165) is 0 Å². The van der Waals surface area contributed by atoms with E-state index >= 15 is 0 Å². The van der Waals surface area contributed by atoms with Crippen LogP contribution in [0.25, 0.3) is 0 Å². The van der Waals surface area contributed by atoms with Crippen LogP contribution in [0.3, 0.4) is 0 Å². The lowest BCUT2D eigenvalue weighted by Crippen LogP contribution is -2.28. The number of amides is 1. The van der Waals surface area contributed by atoms with Gasteiger partial charge in [0.25, 0.3) is 0 Å². The van der Waals surface area contributed by atoms with Gasteiger partial charge in [-0.2, -0.15) is 0 Å². The second-order valence-electron chi connectivity index (χ2n) is 3.81. The van der Waals surface area contributed by atoms with E-state index in [1.807, 2.05) is 6.92 Å². The van der Waals surface area contributed by atoms with E-state index in [4.69, 9.17) is 27.9 Å². The Kier molecular flexibility index (Phi) is 3.81. The lowest BCUT2D eigenvalue weighted by molar-refractivity contribution is -0.121. The van der Waals surface area contributed by atoms with Crippen molar-refractivity contribution in [2.24, 2.45) is 5.92 Å². The smallest absolute Gasteiger partial charge is 0.231 e. The molecule has 1 aromatic rings. The first-order valence-electron chi connectivity index (χ1n) is 5.19. The van der Waals surface area contributed by atoms with E-state index < -0.39 is 0 Å². The van der Waals surface area contributed by atoms with Crippen LogP contribution in [0.15, 0.2) is 6.07 Å². The third-order valence-corrected chi connectivity index (χ3v) is 2.99. The molecule has 1 saturated heterocycles. The number of rotatable bonds is 2. The molecule has 2 rings (SSSR count). The molecule has 1 aromatic heterocycles. The number of halogens is 2. The van der Waals surface area contributed by atoms with Crippen molar-refractivity contribution in [1.82, 2.24) is 9.97 Å². The molecule has 17 heavy (non-hydrogen) atoms. The Hall–Kier alpha value is -0.910. The molecular weight excluding hydrogens is 265 g/mol. The van der Waals surface area contributed by atoms with Crippen LogP contribution in [-0.2, 0) is 9.53 Å². The highest BCUT2D eigenvalue weighted by Gasteiger charge is 2.30. The van der Waals surface area contributed by atoms with Crippen LogP contribution in [0.4, 0.5) is 5.82 Å². The molecule has 1 amide bonds. The maximum Gasteiger partial charge on any atom is 0.231 e. The van der Waals surface area contributed by atoms with Crippen molar-refractivity contribution in [3.05, 3.63) is 16.5 Å². The fraction of sp³-hybridized carbons (Fsp3) is 0.500. The number of nitrogens with zero attached hydrogens (tertiary/aromatic N) is 2. The first kappa shape index (κ1) is 12.5. The zero-order valence-corrected chi connectivity index (χ0v) is 10.6. The van der Waals surface area contributed by atoms with Gasteiger partial charge in [0.2, 0.25) is 11.2 Å². The number of ether oxygens (including phenoxy) is 1. The standard InChI is InChI=1S/C10H11Cl2N3O2/c1-5-6(2-3-17-5)9(16)14-8-4-7(11)13-10(12)15-8/h4-6H,2-3H2,1H3,(H,13,14,15,16). The molecule has 0 saturated carbocycles. The number of aromatic nitrogens is 2. The number of nitrogens with one attached hydrogen (secondary N) is 1. The summed E-state index contributed by atoms with van der Waals surface area (Å²) in [5, 5.41) is 2.85. The number of carbonyl (C=O) groups is 1. The number of hydrogen-bond donors (Lipinski definition) is 1. The second kappa shape index (κ2) is 5.16. The Morgan fingerprint density at radius 1 is 1.53 bits per heavy atom. The molecule has 0 bridgehead atoms. The normalized spacial score (nSPS) is 23.7. The average molecular weight is 276 g/mol. The molecule has 0 spiro atoms. The number of carbonyl (C=O) groups excluding carboxylic acids is 1. The largest absolute Gasteiger partial charge is 0.378 e. The minimum Gasteiger partial charge on any atom is -0.378 e. The van der Waals surface area contributed by atoms with Gasteiger partial charge in [-0.1, -0.05) is 11.6 Å². The zero-order valence-electron chi connectivity index (χ0n) is 9.11. The molecule has 2 atom stereocenters. The molecule has 1 aliphatic heterocycles. The average Bonchev–Trinajstić information content (AvgIpc) is 2.62. The van der Waals surface area contributed by atoms with Crippen LogP contribution >= 0.6 is 23.2 Å². The van der Waals surface area contributed by atoms with E-state index in [0.29, 0.717) is 18.8 Å². The Morgan fingerprint density at radius 2 is 2.29 bits per heavy atom. The van der Waals surface area contributed by atoms with Gasteiger partial charge in [0.15, 0.2) is 0 Å². The summed E-state index contributed by atoms with van der Waals surface area (Å²) >= 11 is 11.3. The fourth-order valence-electron chi connectivity index (χ4n) is 1.75. The van der Waals surface area contributed by atoms with Crippen molar-refractivity contribution < 1.29 is 9.53 Å². The SMILES string of the molecule is CC1OCCC1C(=O)Nc1cc(Cl)nc(Cl)n1. The van der Waals surface area contributed by atoms with E-state index in [1.54, 1.807) is 0 Å². The lowest BCUT2D eigenvalue weighted by Gasteiger charge is -2.13. The van der Waals surface area contributed by atoms with Crippen LogP contribution in [0, 0.1) is 5.92 Å². The monoisotopic (exact) mass is 275 g/mol. The Bertz CT molecular complexity index is 421. The molecule has 0 radical (unpaired) electrons. The third kappa shape index (κ3) is 3.06. The highest BCUT2D eigenvalue weighted by molar-refractivity contribution is 6.32. The van der Waals surface area contributed by atoms with Crippen molar-refractivity contribution in [3.8, 4) is 0 Å². The number of anilines is 1. The van der Waals surface area contributed by atoms with Crippen molar-refractivity contribution in [2.75, 3.05) is 11.9 Å². The first-order chi connectivity index (χ1) is 8.06. The maximum atomic E-state index is 11.9. The van der Waals surface area contributed by atoms with Crippen LogP contribution < -0.4 is 5.32 Å². The second-order valence-corrected chi connectivity index (χ2v) is 4.53. The number of hydrogen-bond acceptors (Lipinski definition) is 4. The Morgan fingerprint density at radius 3 is 2.88 bits per heavy atom. The molecule has 5 nitrogen and oxygen atoms in total. The molecule has 2 heterocycles. The molecular formula is C10H11Cl2N3O2. The van der Waals surface area contributed by atoms with Crippen LogP contribution in [-0.4, -0.2) is 28.6 Å². The van der Waals surface area contributed by atoms with Gasteiger partial charge in [0.1, 0.15) is 11.0 Å². The molecule has 7 heteroatoms. The maximum absolute atomic E-state index is 11.9. The zero-order chi connectivity index (χ0) is 12.4. The van der Waals surface area contributed by atoms with Crippen molar-refractivity contribution in [1.29, 1.82) is 0 Å². The molecule has 2 unspecified atom stereocenters. The van der Waals surface area contributed by atoms with Gasteiger partial charge in [-0.05, 0) is 24.9 Å². The summed E-state index contributed by atoms with van der Waals surface area (Å²) in [6.07, 6.45) is 0.627. The van der Waals surface area contributed by atoms with E-state index in [9.17, 15) is 4.79 Å². The van der Waals surface area contributed by atoms with Crippen molar-refractivity contribution in [3.63, 3.8) is 0 Å². The van der Waals surface area contributed by atoms with Crippen molar-refractivity contribution >= 4 is 34.9 Å². The Balaban J connectivity index is 2.07. The van der Waals surface area contributed by atoms with Crippen molar-refractivity contribution in [2.45, 2.75) is 19.4 Å². The summed E-state index contributed by atoms with van der Waals surface area (Å²) in [5.74, 6) is 0.00227. The van der Waals surface area contributed by atoms with Gasteiger partial charge < -0.3 is 10.1 Å². The van der Waals surface area contributed by atoms with E-state index in [-0.39, 0.29) is 28.4 Å². The van der Waals surface area contributed by atoms with Crippen LogP contribution in [0.5, 0.6) is 0 Å². The summed E-state index contributed by atoms with van der Waals surface area (Å²) in [5.41, 5.74) is 0. The summed E-state index contributed by atoms with van der Waals surface area (Å²) in [4.78, 5) is 19.5. The van der Waals surface area contributed by atoms with Gasteiger partial charge in [0.05, 0.1) is 12.0 Å². The van der Waals surface area contributed by atoms with Gasteiger partial charge in [0, 0.05) is 12.7 Å². The van der Waals surface area contributed by atoms with E-state index in [2.05, 4.69) is 15.3 Å². The molecule has 0 aliphatic carbocycles. The summed E-state index contributed by atoms with van der Waals surface area (Å²) in [6.45, 7) is 2.47. The summed E-state index contributed by atoms with van der Waals surface area (Å²) in [6, 6.07) is 1.45. The summed E-state index contributed by atoms with van der Waals surface area (Å²) < 4.78 is 5.33. The predicted molar refractivity (Wildman–Crippen MR) is 64.2 cm³/mol. The summed E-state index contributed by atoms with van der Waals surface area (Å²) in [7, 11) is 0. The fourth-order valence-corrected chi connectivity index (χ4v) is 2.16. The quantitative estimate of drug-likeness (QED) is 0.664. The molecule has 0 aromatic carbocycles. The van der Waals surface area contributed by atoms with E-state index in [1.165, 1.54) is 6.07 Å². The molecule has 92 valence electrons. The van der Waals surface area contributed by atoms with Crippen LogP contribution in [0.2, 0.25) is 10.4 Å². The van der Waals surface area contributed by atoms with Gasteiger partial charge >= 0.3 is 0 Å². The molecule has 1 aliphatic rings. The minimum atomic E-state index is -0.164. The predicted octanol–water partition coefficient (Wildman–Crippen LogP) is 2.15.